The molecule has 0 radical (unpaired) electrons. The molecule has 6 nitrogen and oxygen atoms in total. The normalized spacial score (nSPS) is 14.2. The van der Waals surface area contributed by atoms with Gasteiger partial charge in [-0.2, -0.15) is 0 Å². The molecule has 0 aromatic heterocycles. The van der Waals surface area contributed by atoms with Crippen LogP contribution in [-0.4, -0.2) is 35.9 Å². The van der Waals surface area contributed by atoms with E-state index in [2.05, 4.69) is 5.32 Å². The van der Waals surface area contributed by atoms with E-state index in [1.165, 1.54) is 24.3 Å². The van der Waals surface area contributed by atoms with Crippen molar-refractivity contribution in [1.29, 1.82) is 0 Å². The molecule has 1 aromatic rings. The summed E-state index contributed by atoms with van der Waals surface area (Å²) >= 11 is 0. The molecule has 2 rings (SSSR count). The standard InChI is InChI=1S/C14H15FN2O4/c15-11-5-3-10(4-6-11)9-21-13(19)2-1-7-17-12(18)8-16-14(17)20/h3-6H,1-2,7-9H2,(H,16,20). The van der Waals surface area contributed by atoms with Crippen molar-refractivity contribution in [1.82, 2.24) is 10.2 Å². The van der Waals surface area contributed by atoms with Crippen LogP contribution in [-0.2, 0) is 20.9 Å². The van der Waals surface area contributed by atoms with Crippen LogP contribution < -0.4 is 5.32 Å². The zero-order valence-corrected chi connectivity index (χ0v) is 11.3. The minimum absolute atomic E-state index is 0.00778. The maximum absolute atomic E-state index is 12.7. The zero-order chi connectivity index (χ0) is 15.2. The molecule has 1 N–H and O–H groups in total. The summed E-state index contributed by atoms with van der Waals surface area (Å²) in [5.74, 6) is -1.07. The second-order valence-corrected chi connectivity index (χ2v) is 4.59. The maximum atomic E-state index is 12.7. The topological polar surface area (TPSA) is 75.7 Å². The highest BCUT2D eigenvalue weighted by molar-refractivity contribution is 6.01. The maximum Gasteiger partial charge on any atom is 0.324 e. The van der Waals surface area contributed by atoms with Crippen LogP contribution in [0.1, 0.15) is 18.4 Å². The Bertz CT molecular complexity index is 528. The van der Waals surface area contributed by atoms with E-state index >= 15 is 0 Å². The van der Waals surface area contributed by atoms with Crippen LogP contribution in [0.4, 0.5) is 9.18 Å². The summed E-state index contributed by atoms with van der Waals surface area (Å²) in [6.07, 6.45) is 0.458. The van der Waals surface area contributed by atoms with Gasteiger partial charge in [-0.25, -0.2) is 9.18 Å². The highest BCUT2D eigenvalue weighted by Gasteiger charge is 2.27. The molecular formula is C14H15FN2O4. The van der Waals surface area contributed by atoms with Crippen molar-refractivity contribution >= 4 is 17.9 Å². The average molecular weight is 294 g/mol. The van der Waals surface area contributed by atoms with Gasteiger partial charge in [-0.05, 0) is 24.1 Å². The van der Waals surface area contributed by atoms with E-state index in [1.54, 1.807) is 0 Å². The Morgan fingerprint density at radius 2 is 2.00 bits per heavy atom. The number of carbonyl (C=O) groups excluding carboxylic acids is 3. The number of hydrogen-bond donors (Lipinski definition) is 1. The minimum atomic E-state index is -0.431. The molecule has 0 spiro atoms. The van der Waals surface area contributed by atoms with Crippen molar-refractivity contribution in [2.75, 3.05) is 13.1 Å². The molecule has 1 aliphatic rings. The van der Waals surface area contributed by atoms with Gasteiger partial charge < -0.3 is 10.1 Å². The fourth-order valence-electron chi connectivity index (χ4n) is 1.88. The lowest BCUT2D eigenvalue weighted by atomic mass is 10.2. The molecule has 3 amide bonds. The van der Waals surface area contributed by atoms with Crippen LogP contribution in [0.25, 0.3) is 0 Å². The molecular weight excluding hydrogens is 279 g/mol. The van der Waals surface area contributed by atoms with Crippen molar-refractivity contribution in [3.05, 3.63) is 35.6 Å². The molecule has 1 aromatic carbocycles. The molecule has 0 saturated carbocycles. The van der Waals surface area contributed by atoms with Gasteiger partial charge in [0.15, 0.2) is 0 Å². The van der Waals surface area contributed by atoms with Crippen molar-refractivity contribution in [2.24, 2.45) is 0 Å². The van der Waals surface area contributed by atoms with Crippen LogP contribution in [0.2, 0.25) is 0 Å². The Morgan fingerprint density at radius 1 is 1.29 bits per heavy atom. The Balaban J connectivity index is 1.67. The molecule has 0 unspecified atom stereocenters. The summed E-state index contributed by atoms with van der Waals surface area (Å²) in [5.41, 5.74) is 0.693. The van der Waals surface area contributed by atoms with E-state index in [-0.39, 0.29) is 37.8 Å². The number of urea groups is 1. The smallest absolute Gasteiger partial charge is 0.324 e. The zero-order valence-electron chi connectivity index (χ0n) is 11.3. The summed E-state index contributed by atoms with van der Waals surface area (Å²) in [4.78, 5) is 35.1. The predicted octanol–water partition coefficient (Wildman–Crippen LogP) is 1.20. The van der Waals surface area contributed by atoms with E-state index in [4.69, 9.17) is 4.74 Å². The number of ether oxygens (including phenoxy) is 1. The highest BCUT2D eigenvalue weighted by atomic mass is 19.1. The molecule has 1 aliphatic heterocycles. The summed E-state index contributed by atoms with van der Waals surface area (Å²) < 4.78 is 17.7. The highest BCUT2D eigenvalue weighted by Crippen LogP contribution is 2.06. The van der Waals surface area contributed by atoms with Gasteiger partial charge in [-0.15, -0.1) is 0 Å². The number of benzene rings is 1. The Kier molecular flexibility index (Phi) is 4.86. The van der Waals surface area contributed by atoms with Gasteiger partial charge >= 0.3 is 12.0 Å². The number of imide groups is 1. The fraction of sp³-hybridized carbons (Fsp3) is 0.357. The van der Waals surface area contributed by atoms with Crippen molar-refractivity contribution in [3.8, 4) is 0 Å². The predicted molar refractivity (Wildman–Crippen MR) is 70.5 cm³/mol. The first-order valence-corrected chi connectivity index (χ1v) is 6.54. The Labute approximate surface area is 120 Å². The molecule has 112 valence electrons. The fourth-order valence-corrected chi connectivity index (χ4v) is 1.88. The first kappa shape index (κ1) is 15.0. The van der Waals surface area contributed by atoms with Gasteiger partial charge in [0.2, 0.25) is 5.91 Å². The summed E-state index contributed by atoms with van der Waals surface area (Å²) in [6.45, 7) is 0.270. The number of halogens is 1. The van der Waals surface area contributed by atoms with Gasteiger partial charge in [0.25, 0.3) is 0 Å². The lowest BCUT2D eigenvalue weighted by Crippen LogP contribution is -2.32. The molecule has 0 atom stereocenters. The van der Waals surface area contributed by atoms with Crippen molar-refractivity contribution < 1.29 is 23.5 Å². The third kappa shape index (κ3) is 4.27. The minimum Gasteiger partial charge on any atom is -0.461 e. The number of hydrogen-bond acceptors (Lipinski definition) is 4. The third-order valence-electron chi connectivity index (χ3n) is 3.01. The van der Waals surface area contributed by atoms with Crippen molar-refractivity contribution in [3.63, 3.8) is 0 Å². The molecule has 21 heavy (non-hydrogen) atoms. The second kappa shape index (κ2) is 6.83. The summed E-state index contributed by atoms with van der Waals surface area (Å²) in [5, 5.41) is 2.40. The molecule has 0 aliphatic carbocycles. The lowest BCUT2D eigenvalue weighted by Gasteiger charge is -2.11. The van der Waals surface area contributed by atoms with E-state index in [0.29, 0.717) is 12.0 Å². The van der Waals surface area contributed by atoms with Gasteiger partial charge in [-0.1, -0.05) is 12.1 Å². The lowest BCUT2D eigenvalue weighted by molar-refractivity contribution is -0.145. The van der Waals surface area contributed by atoms with Crippen LogP contribution in [0.3, 0.4) is 0 Å². The first-order valence-electron chi connectivity index (χ1n) is 6.54. The van der Waals surface area contributed by atoms with E-state index in [1.807, 2.05) is 0 Å². The largest absolute Gasteiger partial charge is 0.461 e. The summed E-state index contributed by atoms with van der Waals surface area (Å²) in [7, 11) is 0. The Morgan fingerprint density at radius 3 is 2.62 bits per heavy atom. The van der Waals surface area contributed by atoms with Gasteiger partial charge in [0.1, 0.15) is 12.4 Å². The monoisotopic (exact) mass is 294 g/mol. The van der Waals surface area contributed by atoms with Crippen LogP contribution >= 0.6 is 0 Å². The second-order valence-electron chi connectivity index (χ2n) is 4.59. The number of nitrogens with zero attached hydrogens (tertiary/aromatic N) is 1. The average Bonchev–Trinajstić information content (AvgIpc) is 2.78. The van der Waals surface area contributed by atoms with E-state index in [9.17, 15) is 18.8 Å². The van der Waals surface area contributed by atoms with Gasteiger partial charge in [0.05, 0.1) is 6.54 Å². The summed E-state index contributed by atoms with van der Waals surface area (Å²) in [6, 6.07) is 5.23. The molecule has 1 fully saturated rings. The third-order valence-corrected chi connectivity index (χ3v) is 3.01. The van der Waals surface area contributed by atoms with Gasteiger partial charge in [0, 0.05) is 13.0 Å². The quantitative estimate of drug-likeness (QED) is 0.632. The first-order chi connectivity index (χ1) is 10.1. The molecule has 0 bridgehead atoms. The molecule has 1 heterocycles. The van der Waals surface area contributed by atoms with Crippen molar-refractivity contribution in [2.45, 2.75) is 19.4 Å². The number of carbonyl (C=O) groups is 3. The Hall–Kier alpha value is -2.44. The number of nitrogens with one attached hydrogen (secondary N) is 1. The van der Waals surface area contributed by atoms with E-state index in [0.717, 1.165) is 4.90 Å². The van der Waals surface area contributed by atoms with Crippen LogP contribution in [0.5, 0.6) is 0 Å². The SMILES string of the molecule is O=C(CCCN1C(=O)CNC1=O)OCc1ccc(F)cc1. The number of rotatable bonds is 6. The van der Waals surface area contributed by atoms with Gasteiger partial charge in [-0.3, -0.25) is 14.5 Å². The molecule has 7 heteroatoms. The molecule has 1 saturated heterocycles. The van der Waals surface area contributed by atoms with Crippen LogP contribution in [0, 0.1) is 5.82 Å². The number of esters is 1. The number of amides is 3. The van der Waals surface area contributed by atoms with E-state index < -0.39 is 12.0 Å². The van der Waals surface area contributed by atoms with Crippen LogP contribution in [0.15, 0.2) is 24.3 Å².